The van der Waals surface area contributed by atoms with Gasteiger partial charge in [-0.3, -0.25) is 9.48 Å². The summed E-state index contributed by atoms with van der Waals surface area (Å²) in [7, 11) is 0. The highest BCUT2D eigenvalue weighted by molar-refractivity contribution is 7.10. The molecule has 0 atom stereocenters. The van der Waals surface area contributed by atoms with Crippen molar-refractivity contribution in [1.29, 1.82) is 0 Å². The fourth-order valence-corrected chi connectivity index (χ4v) is 3.78. The van der Waals surface area contributed by atoms with Gasteiger partial charge >= 0.3 is 6.18 Å². The van der Waals surface area contributed by atoms with Gasteiger partial charge in [-0.1, -0.05) is 0 Å². The van der Waals surface area contributed by atoms with Crippen molar-refractivity contribution in [2.75, 3.05) is 18.8 Å². The summed E-state index contributed by atoms with van der Waals surface area (Å²) in [6, 6.07) is 0.951. The second-order valence-corrected chi connectivity index (χ2v) is 6.98. The average molecular weight is 373 g/mol. The maximum absolute atomic E-state index is 12.7. The first kappa shape index (κ1) is 17.7. The van der Waals surface area contributed by atoms with Crippen LogP contribution in [-0.4, -0.2) is 38.7 Å². The standard InChI is InChI=1S/C15H18F3N5OS/c1-9-6-11(15(16,17)18)21-23(9)7-13(24)22-4-2-10(3-5-22)14-20-12(19)8-25-14/h6,8,10H,2-5,7,19H2,1H3. The van der Waals surface area contributed by atoms with Crippen molar-refractivity contribution in [3.63, 3.8) is 0 Å². The van der Waals surface area contributed by atoms with E-state index in [0.29, 0.717) is 24.6 Å². The first-order chi connectivity index (χ1) is 11.7. The molecule has 2 aromatic heterocycles. The van der Waals surface area contributed by atoms with Crippen LogP contribution in [0.1, 0.15) is 35.2 Å². The molecule has 0 bridgehead atoms. The van der Waals surface area contributed by atoms with Gasteiger partial charge in [0.1, 0.15) is 12.4 Å². The van der Waals surface area contributed by atoms with Crippen molar-refractivity contribution in [1.82, 2.24) is 19.7 Å². The summed E-state index contributed by atoms with van der Waals surface area (Å²) in [5, 5.41) is 6.27. The molecule has 0 unspecified atom stereocenters. The minimum atomic E-state index is -4.51. The average Bonchev–Trinajstić information content (AvgIpc) is 3.14. The third kappa shape index (κ3) is 3.94. The van der Waals surface area contributed by atoms with Gasteiger partial charge in [-0.05, 0) is 25.8 Å². The van der Waals surface area contributed by atoms with E-state index < -0.39 is 11.9 Å². The highest BCUT2D eigenvalue weighted by Crippen LogP contribution is 2.31. The molecule has 2 aromatic rings. The van der Waals surface area contributed by atoms with E-state index >= 15 is 0 Å². The number of aromatic nitrogens is 3. The first-order valence-electron chi connectivity index (χ1n) is 7.84. The number of nitrogen functional groups attached to an aromatic ring is 1. The molecule has 0 aromatic carbocycles. The Morgan fingerprint density at radius 2 is 2.08 bits per heavy atom. The number of alkyl halides is 3. The molecule has 1 aliphatic heterocycles. The van der Waals surface area contributed by atoms with Gasteiger partial charge in [0.25, 0.3) is 0 Å². The molecule has 25 heavy (non-hydrogen) atoms. The molecular weight excluding hydrogens is 355 g/mol. The van der Waals surface area contributed by atoms with E-state index in [9.17, 15) is 18.0 Å². The number of piperidine rings is 1. The molecular formula is C15H18F3N5OS. The highest BCUT2D eigenvalue weighted by Gasteiger charge is 2.35. The van der Waals surface area contributed by atoms with Gasteiger partial charge < -0.3 is 10.6 Å². The summed E-state index contributed by atoms with van der Waals surface area (Å²) in [5.41, 5.74) is 4.98. The molecule has 1 amide bonds. The molecule has 0 radical (unpaired) electrons. The van der Waals surface area contributed by atoms with Crippen LogP contribution in [-0.2, 0) is 17.5 Å². The van der Waals surface area contributed by atoms with Crippen LogP contribution >= 0.6 is 11.3 Å². The summed E-state index contributed by atoms with van der Waals surface area (Å²) in [6.07, 6.45) is -2.97. The Morgan fingerprint density at radius 3 is 2.60 bits per heavy atom. The Morgan fingerprint density at radius 1 is 1.40 bits per heavy atom. The van der Waals surface area contributed by atoms with Crippen molar-refractivity contribution in [3.8, 4) is 0 Å². The number of likely N-dealkylation sites (tertiary alicyclic amines) is 1. The van der Waals surface area contributed by atoms with Crippen LogP contribution in [0.3, 0.4) is 0 Å². The van der Waals surface area contributed by atoms with Crippen molar-refractivity contribution in [3.05, 3.63) is 27.8 Å². The minimum absolute atomic E-state index is 0.184. The molecule has 6 nitrogen and oxygen atoms in total. The number of halogens is 3. The van der Waals surface area contributed by atoms with Gasteiger partial charge in [0, 0.05) is 30.1 Å². The van der Waals surface area contributed by atoms with Gasteiger partial charge in [0.15, 0.2) is 5.69 Å². The molecule has 2 N–H and O–H groups in total. The Hall–Kier alpha value is -2.10. The quantitative estimate of drug-likeness (QED) is 0.897. The van der Waals surface area contributed by atoms with Gasteiger partial charge in [0.2, 0.25) is 5.91 Å². The van der Waals surface area contributed by atoms with E-state index in [1.807, 2.05) is 0 Å². The van der Waals surface area contributed by atoms with Crippen molar-refractivity contribution >= 4 is 23.1 Å². The van der Waals surface area contributed by atoms with Crippen molar-refractivity contribution in [2.24, 2.45) is 0 Å². The molecule has 0 aliphatic carbocycles. The third-order valence-corrected chi connectivity index (χ3v) is 5.32. The number of aryl methyl sites for hydroxylation is 1. The molecule has 1 saturated heterocycles. The van der Waals surface area contributed by atoms with Crippen LogP contribution in [0.5, 0.6) is 0 Å². The van der Waals surface area contributed by atoms with Gasteiger partial charge in [0.05, 0.1) is 5.01 Å². The maximum atomic E-state index is 12.7. The largest absolute Gasteiger partial charge is 0.435 e. The van der Waals surface area contributed by atoms with Crippen LogP contribution in [0.4, 0.5) is 19.0 Å². The number of thiazole rings is 1. The minimum Gasteiger partial charge on any atom is -0.383 e. The smallest absolute Gasteiger partial charge is 0.383 e. The number of carbonyl (C=O) groups excluding carboxylic acids is 1. The Kier molecular flexibility index (Phi) is 4.72. The monoisotopic (exact) mass is 373 g/mol. The van der Waals surface area contributed by atoms with E-state index in [4.69, 9.17) is 5.73 Å². The Bertz CT molecular complexity index is 762. The normalized spacial score (nSPS) is 16.4. The number of carbonyl (C=O) groups is 1. The zero-order valence-corrected chi connectivity index (χ0v) is 14.4. The molecule has 0 saturated carbocycles. The predicted octanol–water partition coefficient (Wildman–Crippen LogP) is 2.66. The van der Waals surface area contributed by atoms with E-state index in [1.54, 1.807) is 10.3 Å². The van der Waals surface area contributed by atoms with Crippen LogP contribution in [0.25, 0.3) is 0 Å². The van der Waals surface area contributed by atoms with E-state index in [2.05, 4.69) is 10.1 Å². The fraction of sp³-hybridized carbons (Fsp3) is 0.533. The molecule has 3 rings (SSSR count). The molecule has 10 heteroatoms. The van der Waals surface area contributed by atoms with E-state index in [0.717, 1.165) is 28.6 Å². The van der Waals surface area contributed by atoms with Crippen LogP contribution in [0, 0.1) is 6.92 Å². The fourth-order valence-electron chi connectivity index (χ4n) is 2.90. The van der Waals surface area contributed by atoms with Crippen LogP contribution in [0.2, 0.25) is 0 Å². The molecule has 3 heterocycles. The summed E-state index contributed by atoms with van der Waals surface area (Å²) >= 11 is 1.52. The number of nitrogens with two attached hydrogens (primary N) is 1. The number of hydrogen-bond acceptors (Lipinski definition) is 5. The number of hydrogen-bond donors (Lipinski definition) is 1. The summed E-state index contributed by atoms with van der Waals surface area (Å²) in [4.78, 5) is 18.3. The number of nitrogens with zero attached hydrogens (tertiary/aromatic N) is 4. The topological polar surface area (TPSA) is 77.0 Å². The number of anilines is 1. The summed E-state index contributed by atoms with van der Waals surface area (Å²) < 4.78 is 39.2. The van der Waals surface area contributed by atoms with Crippen molar-refractivity contribution in [2.45, 2.75) is 38.4 Å². The molecule has 136 valence electrons. The Labute approximate surface area is 146 Å². The maximum Gasteiger partial charge on any atom is 0.435 e. The zero-order chi connectivity index (χ0) is 18.2. The first-order valence-corrected chi connectivity index (χ1v) is 8.72. The molecule has 0 spiro atoms. The lowest BCUT2D eigenvalue weighted by atomic mass is 9.97. The van der Waals surface area contributed by atoms with E-state index in [1.165, 1.54) is 18.3 Å². The van der Waals surface area contributed by atoms with E-state index in [-0.39, 0.29) is 18.4 Å². The lowest BCUT2D eigenvalue weighted by Crippen LogP contribution is -2.40. The van der Waals surface area contributed by atoms with Crippen molar-refractivity contribution < 1.29 is 18.0 Å². The third-order valence-electron chi connectivity index (χ3n) is 4.29. The molecule has 1 fully saturated rings. The number of rotatable bonds is 3. The van der Waals surface area contributed by atoms with Crippen LogP contribution in [0.15, 0.2) is 11.4 Å². The summed E-state index contributed by atoms with van der Waals surface area (Å²) in [5.74, 6) is 0.555. The molecule has 1 aliphatic rings. The Balaban J connectivity index is 1.59. The van der Waals surface area contributed by atoms with Gasteiger partial charge in [-0.2, -0.15) is 18.3 Å². The van der Waals surface area contributed by atoms with Gasteiger partial charge in [-0.25, -0.2) is 4.98 Å². The second-order valence-electron chi connectivity index (χ2n) is 6.09. The van der Waals surface area contributed by atoms with Gasteiger partial charge in [-0.15, -0.1) is 11.3 Å². The second kappa shape index (κ2) is 6.66. The van der Waals surface area contributed by atoms with Crippen LogP contribution < -0.4 is 5.73 Å². The highest BCUT2D eigenvalue weighted by atomic mass is 32.1. The zero-order valence-electron chi connectivity index (χ0n) is 13.6. The predicted molar refractivity (Wildman–Crippen MR) is 87.0 cm³/mol. The summed E-state index contributed by atoms with van der Waals surface area (Å²) in [6.45, 7) is 2.43. The number of amides is 1. The lowest BCUT2D eigenvalue weighted by molar-refractivity contribution is -0.142. The SMILES string of the molecule is Cc1cc(C(F)(F)F)nn1CC(=O)N1CCC(c2nc(N)cs2)CC1. The lowest BCUT2D eigenvalue weighted by Gasteiger charge is -2.31.